The molecule has 0 saturated heterocycles. The van der Waals surface area contributed by atoms with Gasteiger partial charge in [0.25, 0.3) is 12.2 Å². The number of imidazole rings is 1. The molecule has 2 aliphatic heterocycles. The Morgan fingerprint density at radius 2 is 1.38 bits per heavy atom. The lowest BCUT2D eigenvalue weighted by Gasteiger charge is -2.12. The van der Waals surface area contributed by atoms with Gasteiger partial charge in [-0.25, -0.2) is 14.6 Å². The molecule has 4 aromatic carbocycles. The number of hydrogen-bond acceptors (Lipinski definition) is 9. The van der Waals surface area contributed by atoms with Gasteiger partial charge in [-0.05, 0) is 41.1 Å². The molecule has 8 rings (SSSR count). The highest BCUT2D eigenvalue weighted by atomic mass is 16.6. The zero-order valence-electron chi connectivity index (χ0n) is 29.5. The van der Waals surface area contributed by atoms with Crippen molar-refractivity contribution in [2.75, 3.05) is 26.4 Å². The standard InChI is InChI=1S/C43H32N7O5/c1-3-29-15-17-35-33(23-29)39(31-11-7-5-8-12-31)44-25-37-41(46-27-48(35)37)42(51)54-21-19-53-20-22-55-43(52)50-38-26-45-40(32-13-9-6-10-14-32)34-24-30(4-2)16-18-36(34)49(38)28-47-50/h1-2,5-18,23-24,27-28H,19-22,25-26H2/q+1. The van der Waals surface area contributed by atoms with Gasteiger partial charge >= 0.3 is 12.1 Å². The van der Waals surface area contributed by atoms with E-state index in [1.54, 1.807) is 12.7 Å². The molecule has 0 bridgehead atoms. The van der Waals surface area contributed by atoms with Gasteiger partial charge in [-0.2, -0.15) is 4.57 Å². The number of aromatic nitrogens is 5. The van der Waals surface area contributed by atoms with Crippen LogP contribution >= 0.6 is 0 Å². The molecular formula is C43H32N7O5+. The molecule has 0 unspecified atom stereocenters. The lowest BCUT2D eigenvalue weighted by molar-refractivity contribution is -0.604. The summed E-state index contributed by atoms with van der Waals surface area (Å²) < 4.78 is 21.4. The van der Waals surface area contributed by atoms with Gasteiger partial charge in [-0.1, -0.05) is 72.5 Å². The number of benzene rings is 4. The minimum atomic E-state index is -0.681. The van der Waals surface area contributed by atoms with Crippen LogP contribution in [0.1, 0.15) is 55.4 Å². The largest absolute Gasteiger partial charge is 0.513 e. The van der Waals surface area contributed by atoms with E-state index in [9.17, 15) is 9.59 Å². The number of aliphatic imine (C=N–C) groups is 2. The molecule has 0 N–H and O–H groups in total. The summed E-state index contributed by atoms with van der Waals surface area (Å²) in [6.45, 7) is 0.430. The first-order valence-electron chi connectivity index (χ1n) is 17.4. The maximum Gasteiger partial charge on any atom is 0.513 e. The topological polar surface area (TPSA) is 126 Å². The van der Waals surface area contributed by atoms with E-state index in [1.807, 2.05) is 106 Å². The van der Waals surface area contributed by atoms with E-state index in [-0.39, 0.29) is 45.2 Å². The molecule has 0 fully saturated rings. The monoisotopic (exact) mass is 726 g/mol. The van der Waals surface area contributed by atoms with Crippen molar-refractivity contribution >= 4 is 23.5 Å². The van der Waals surface area contributed by atoms with Gasteiger partial charge in [0, 0.05) is 38.5 Å². The van der Waals surface area contributed by atoms with Crippen LogP contribution < -0.4 is 4.57 Å². The number of nitrogens with zero attached hydrogens (tertiary/aromatic N) is 7. The van der Waals surface area contributed by atoms with E-state index < -0.39 is 12.1 Å². The van der Waals surface area contributed by atoms with Crippen LogP contribution in [0.5, 0.6) is 0 Å². The Balaban J connectivity index is 0.875. The van der Waals surface area contributed by atoms with Crippen LogP contribution in [0.3, 0.4) is 0 Å². The highest BCUT2D eigenvalue weighted by molar-refractivity contribution is 6.16. The lowest BCUT2D eigenvalue weighted by atomic mass is 9.98. The SMILES string of the molecule is C#Cc1ccc2c(c1)C(c1ccccc1)=NCc1c(C(=O)OCCOCCOC(=O)n3nc[n+]4c3CN=C(c3ccccc3)c3cc(C#C)ccc3-4)ncn1-2. The molecule has 12 nitrogen and oxygen atoms in total. The van der Waals surface area contributed by atoms with Crippen molar-refractivity contribution in [3.63, 3.8) is 0 Å². The van der Waals surface area contributed by atoms with Crippen molar-refractivity contribution in [1.29, 1.82) is 0 Å². The summed E-state index contributed by atoms with van der Waals surface area (Å²) >= 11 is 0. The Labute approximate surface area is 316 Å². The van der Waals surface area contributed by atoms with Crippen LogP contribution in [0.2, 0.25) is 0 Å². The second-order valence-electron chi connectivity index (χ2n) is 12.4. The third-order valence-electron chi connectivity index (χ3n) is 9.17. The molecule has 0 atom stereocenters. The van der Waals surface area contributed by atoms with E-state index in [2.05, 4.69) is 21.9 Å². The van der Waals surface area contributed by atoms with E-state index in [0.717, 1.165) is 45.1 Å². The average Bonchev–Trinajstić information content (AvgIpc) is 3.77. The fourth-order valence-corrected chi connectivity index (χ4v) is 6.56. The first kappa shape index (κ1) is 34.7. The number of carbonyl (C=O) groups excluding carboxylic acids is 2. The third kappa shape index (κ3) is 6.81. The highest BCUT2D eigenvalue weighted by Crippen LogP contribution is 2.28. The minimum Gasteiger partial charge on any atom is -0.458 e. The molecule has 0 radical (unpaired) electrons. The fourth-order valence-electron chi connectivity index (χ4n) is 6.56. The summed E-state index contributed by atoms with van der Waals surface area (Å²) in [6, 6.07) is 30.9. The van der Waals surface area contributed by atoms with Crippen molar-refractivity contribution in [3.05, 3.63) is 160 Å². The van der Waals surface area contributed by atoms with Gasteiger partial charge in [0.15, 0.2) is 5.69 Å². The van der Waals surface area contributed by atoms with Gasteiger partial charge < -0.3 is 14.2 Å². The molecule has 0 spiro atoms. The van der Waals surface area contributed by atoms with Crippen molar-refractivity contribution in [3.8, 4) is 36.1 Å². The summed E-state index contributed by atoms with van der Waals surface area (Å²) in [5, 5.41) is 4.30. The van der Waals surface area contributed by atoms with E-state index in [4.69, 9.17) is 37.0 Å². The molecule has 0 amide bonds. The molecule has 2 aromatic heterocycles. The summed E-state index contributed by atoms with van der Waals surface area (Å²) in [5.74, 6) is 5.29. The Kier molecular flexibility index (Phi) is 9.63. The van der Waals surface area contributed by atoms with Crippen molar-refractivity contribution < 1.29 is 28.4 Å². The predicted octanol–water partition coefficient (Wildman–Crippen LogP) is 4.87. The third-order valence-corrected chi connectivity index (χ3v) is 9.17. The Hall–Kier alpha value is -7.41. The second-order valence-corrected chi connectivity index (χ2v) is 12.4. The number of terminal acetylenes is 2. The van der Waals surface area contributed by atoms with Gasteiger partial charge in [0.05, 0.1) is 42.6 Å². The van der Waals surface area contributed by atoms with Crippen LogP contribution in [0.25, 0.3) is 11.4 Å². The molecule has 6 aromatic rings. The van der Waals surface area contributed by atoms with Crippen molar-refractivity contribution in [1.82, 2.24) is 19.3 Å². The molecule has 4 heterocycles. The van der Waals surface area contributed by atoms with Crippen LogP contribution in [-0.2, 0) is 27.3 Å². The number of ether oxygens (including phenoxy) is 3. The second kappa shape index (κ2) is 15.3. The lowest BCUT2D eigenvalue weighted by Crippen LogP contribution is -2.36. The Morgan fingerprint density at radius 3 is 2.09 bits per heavy atom. The minimum absolute atomic E-state index is 0.0361. The first-order valence-corrected chi connectivity index (χ1v) is 17.4. The smallest absolute Gasteiger partial charge is 0.458 e. The quantitative estimate of drug-likeness (QED) is 0.0902. The number of hydrogen-bond donors (Lipinski definition) is 0. The molecule has 0 aliphatic carbocycles. The fraction of sp³-hybridized carbons (Fsp3) is 0.140. The molecule has 2 aliphatic rings. The van der Waals surface area contributed by atoms with Gasteiger partial charge in [-0.3, -0.25) is 14.6 Å². The van der Waals surface area contributed by atoms with Crippen molar-refractivity contribution in [2.45, 2.75) is 13.1 Å². The Bertz CT molecular complexity index is 2410. The van der Waals surface area contributed by atoms with E-state index in [0.29, 0.717) is 22.6 Å². The number of carbonyl (C=O) groups is 2. The molecular weight excluding hydrogens is 695 g/mol. The van der Waals surface area contributed by atoms with Crippen LogP contribution in [0.4, 0.5) is 4.79 Å². The zero-order chi connectivity index (χ0) is 37.7. The van der Waals surface area contributed by atoms with Crippen LogP contribution in [0.15, 0.2) is 120 Å². The molecule has 268 valence electrons. The van der Waals surface area contributed by atoms with Crippen molar-refractivity contribution in [2.24, 2.45) is 9.98 Å². The number of fused-ring (bicyclic) bond motifs is 6. The predicted molar refractivity (Wildman–Crippen MR) is 203 cm³/mol. The maximum atomic E-state index is 13.2. The normalized spacial score (nSPS) is 12.5. The number of esters is 1. The summed E-state index contributed by atoms with van der Waals surface area (Å²) in [4.78, 5) is 40.5. The zero-order valence-corrected chi connectivity index (χ0v) is 29.5. The van der Waals surface area contributed by atoms with Gasteiger partial charge in [0.1, 0.15) is 31.8 Å². The maximum absolute atomic E-state index is 13.2. The average molecular weight is 727 g/mol. The van der Waals surface area contributed by atoms with E-state index >= 15 is 0 Å². The summed E-state index contributed by atoms with van der Waals surface area (Å²) in [7, 11) is 0. The Morgan fingerprint density at radius 1 is 0.745 bits per heavy atom. The van der Waals surface area contributed by atoms with Gasteiger partial charge in [0.2, 0.25) is 0 Å². The van der Waals surface area contributed by atoms with Gasteiger partial charge in [-0.15, -0.1) is 12.8 Å². The molecule has 12 heteroatoms. The molecule has 55 heavy (non-hydrogen) atoms. The first-order chi connectivity index (χ1) is 27.0. The van der Waals surface area contributed by atoms with E-state index in [1.165, 1.54) is 4.68 Å². The highest BCUT2D eigenvalue weighted by Gasteiger charge is 2.31. The number of rotatable bonds is 9. The van der Waals surface area contributed by atoms with Crippen LogP contribution in [-0.4, -0.2) is 69.2 Å². The van der Waals surface area contributed by atoms with Crippen LogP contribution in [0, 0.1) is 24.7 Å². The summed E-state index contributed by atoms with van der Waals surface area (Å²) in [5.41, 5.74) is 8.80. The summed E-state index contributed by atoms with van der Waals surface area (Å²) in [6.07, 6.45) is 13.9. The molecule has 0 saturated carbocycles.